The van der Waals surface area contributed by atoms with Crippen LogP contribution in [0.3, 0.4) is 0 Å². The largest absolute Gasteiger partial charge is 0.440 e. The van der Waals surface area contributed by atoms with Gasteiger partial charge in [0.2, 0.25) is 10.5 Å². The molecule has 0 aromatic heterocycles. The van der Waals surface area contributed by atoms with Crippen LogP contribution in [0.25, 0.3) is 0 Å². The van der Waals surface area contributed by atoms with Gasteiger partial charge in [-0.2, -0.15) is 0 Å². The Morgan fingerprint density at radius 3 is 1.77 bits per heavy atom. The summed E-state index contributed by atoms with van der Waals surface area (Å²) >= 11 is 0. The number of rotatable bonds is 5. The summed E-state index contributed by atoms with van der Waals surface area (Å²) in [6.45, 7) is 12.4. The van der Waals surface area contributed by atoms with Crippen LogP contribution in [-0.2, 0) is 12.3 Å². The summed E-state index contributed by atoms with van der Waals surface area (Å²) in [6.07, 6.45) is 0. The van der Waals surface area contributed by atoms with Gasteiger partial charge in [0, 0.05) is 0 Å². The average molecular weight is 252 g/mol. The van der Waals surface area contributed by atoms with E-state index in [4.69, 9.17) is 12.3 Å². The van der Waals surface area contributed by atoms with E-state index in [0.717, 1.165) is 0 Å². The highest BCUT2D eigenvalue weighted by Crippen LogP contribution is 2.16. The molecule has 0 spiro atoms. The molecule has 0 aromatic carbocycles. The van der Waals surface area contributed by atoms with Crippen molar-refractivity contribution in [2.75, 3.05) is 0 Å². The van der Waals surface area contributed by atoms with Gasteiger partial charge in [-0.25, -0.2) is 0 Å². The molecule has 0 aliphatic heterocycles. The van der Waals surface area contributed by atoms with Crippen LogP contribution in [0.2, 0.25) is 39.3 Å². The third-order valence-electron chi connectivity index (χ3n) is 1.26. The van der Waals surface area contributed by atoms with Crippen molar-refractivity contribution in [3.63, 3.8) is 0 Å². The van der Waals surface area contributed by atoms with Crippen LogP contribution in [0.4, 0.5) is 0 Å². The van der Waals surface area contributed by atoms with Gasteiger partial charge in [-0.1, -0.05) is 0 Å². The molecule has 0 saturated carbocycles. The Bertz CT molecular complexity index is 160. The molecule has 0 unspecified atom stereocenters. The molecule has 0 bridgehead atoms. The van der Waals surface area contributed by atoms with Crippen LogP contribution in [0.5, 0.6) is 0 Å². The van der Waals surface area contributed by atoms with Crippen molar-refractivity contribution in [1.29, 1.82) is 0 Å². The maximum absolute atomic E-state index is 5.90. The first kappa shape index (κ1) is 13.7. The molecule has 0 saturated heterocycles. The van der Waals surface area contributed by atoms with E-state index in [9.17, 15) is 0 Å². The van der Waals surface area contributed by atoms with Crippen LogP contribution in [0, 0.1) is 0 Å². The van der Waals surface area contributed by atoms with E-state index in [-0.39, 0.29) is 0 Å². The van der Waals surface area contributed by atoms with Crippen molar-refractivity contribution in [1.82, 2.24) is 0 Å². The van der Waals surface area contributed by atoms with Gasteiger partial charge in [0.1, 0.15) is 0 Å². The fraction of sp³-hybridized carbons (Fsp3) is 1.00. The average Bonchev–Trinajstić information content (AvgIpc) is 1.81. The smallest absolute Gasteiger partial charge is 0.312 e. The Morgan fingerprint density at radius 1 is 1.00 bits per heavy atom. The third-order valence-corrected chi connectivity index (χ3v) is 11.3. The monoisotopic (exact) mass is 251 g/mol. The van der Waals surface area contributed by atoms with Gasteiger partial charge >= 0.3 is 17.1 Å². The van der Waals surface area contributed by atoms with Crippen LogP contribution < -0.4 is 0 Å². The van der Waals surface area contributed by atoms with E-state index in [0.29, 0.717) is 0 Å². The highest BCUT2D eigenvalue weighted by molar-refractivity contribution is 6.82. The van der Waals surface area contributed by atoms with E-state index in [1.807, 2.05) is 13.1 Å². The van der Waals surface area contributed by atoms with Crippen LogP contribution in [0.15, 0.2) is 0 Å². The van der Waals surface area contributed by atoms with Gasteiger partial charge in [0.25, 0.3) is 0 Å². The summed E-state index contributed by atoms with van der Waals surface area (Å²) in [5.41, 5.74) is 0. The summed E-state index contributed by atoms with van der Waals surface area (Å²) in [5, 5.41) is 0. The Balaban J connectivity index is 4.16. The van der Waals surface area contributed by atoms with Crippen LogP contribution >= 0.6 is 0 Å². The highest BCUT2D eigenvalue weighted by Gasteiger charge is 2.35. The molecule has 0 aliphatic rings. The Hall–Kier alpha value is 0.748. The fourth-order valence-electron chi connectivity index (χ4n) is 1.20. The first-order chi connectivity index (χ1) is 5.68. The number of hydrogen-bond acceptors (Lipinski definition) is 3. The first-order valence-corrected chi connectivity index (χ1v) is 13.2. The lowest BCUT2D eigenvalue weighted by molar-refractivity contribution is 0.346. The van der Waals surface area contributed by atoms with Crippen LogP contribution in [-0.4, -0.2) is 36.6 Å². The lowest BCUT2D eigenvalue weighted by Gasteiger charge is -2.33. The van der Waals surface area contributed by atoms with Crippen molar-refractivity contribution in [2.45, 2.75) is 39.3 Å². The van der Waals surface area contributed by atoms with Gasteiger partial charge in [-0.3, -0.25) is 0 Å². The predicted molar refractivity (Wildman–Crippen MR) is 62.9 cm³/mol. The maximum atomic E-state index is 5.90. The maximum Gasteiger partial charge on any atom is 0.312 e. The lowest BCUT2D eigenvalue weighted by Crippen LogP contribution is -2.49. The molecule has 3 radical (unpaired) electrons. The normalized spacial score (nSPS) is 13.8. The van der Waals surface area contributed by atoms with Crippen molar-refractivity contribution in [3.8, 4) is 0 Å². The molecule has 3 nitrogen and oxygen atoms in total. The molecule has 0 atom stereocenters. The minimum atomic E-state index is -2.01. The van der Waals surface area contributed by atoms with E-state index in [2.05, 4.69) is 36.7 Å². The predicted octanol–water partition coefficient (Wildman–Crippen LogP) is 1.51. The Morgan fingerprint density at radius 2 is 1.46 bits per heavy atom. The van der Waals surface area contributed by atoms with E-state index >= 15 is 0 Å². The zero-order valence-corrected chi connectivity index (χ0v) is 13.5. The van der Waals surface area contributed by atoms with Crippen molar-refractivity contribution >= 4 is 36.6 Å². The Labute approximate surface area is 88.6 Å². The van der Waals surface area contributed by atoms with E-state index < -0.39 is 26.2 Å². The third kappa shape index (κ3) is 6.77. The minimum Gasteiger partial charge on any atom is -0.440 e. The molecule has 0 aromatic rings. The van der Waals surface area contributed by atoms with Crippen molar-refractivity contribution in [3.05, 3.63) is 0 Å². The molecular weight excluding hydrogens is 232 g/mol. The fourth-order valence-corrected chi connectivity index (χ4v) is 11.6. The molecule has 0 rings (SSSR count). The summed E-state index contributed by atoms with van der Waals surface area (Å²) in [5.74, 6) is 0. The molecule has 0 heterocycles. The molecule has 77 valence electrons. The van der Waals surface area contributed by atoms with Gasteiger partial charge in [-0.05, 0) is 39.3 Å². The standard InChI is InChI=1S/C6H19O3Si4/c1-11(2)8-13(5,6)9-12(3,4)7-10/h11H,1-6H3. The molecule has 0 amide bonds. The molecular formula is C6H19O3Si4. The second-order valence-electron chi connectivity index (χ2n) is 4.17. The van der Waals surface area contributed by atoms with E-state index in [1.54, 1.807) is 0 Å². The van der Waals surface area contributed by atoms with Crippen LogP contribution in [0.1, 0.15) is 0 Å². The van der Waals surface area contributed by atoms with Gasteiger partial charge in [-0.15, -0.1) is 0 Å². The highest BCUT2D eigenvalue weighted by atomic mass is 28.5. The lowest BCUT2D eigenvalue weighted by atomic mass is 11.9. The topological polar surface area (TPSA) is 27.7 Å². The zero-order valence-electron chi connectivity index (χ0n) is 9.30. The molecule has 0 aliphatic carbocycles. The number of hydrogen-bond donors (Lipinski definition) is 0. The van der Waals surface area contributed by atoms with Gasteiger partial charge < -0.3 is 12.3 Å². The summed E-state index contributed by atoms with van der Waals surface area (Å²) in [7, 11) is -1.92. The van der Waals surface area contributed by atoms with E-state index in [1.165, 1.54) is 0 Å². The summed E-state index contributed by atoms with van der Waals surface area (Å²) in [4.78, 5) is 0. The quantitative estimate of drug-likeness (QED) is 0.693. The molecule has 7 heteroatoms. The summed E-state index contributed by atoms with van der Waals surface area (Å²) < 4.78 is 16.9. The zero-order chi connectivity index (χ0) is 10.7. The molecule has 13 heavy (non-hydrogen) atoms. The second-order valence-corrected chi connectivity index (χ2v) is 14.4. The van der Waals surface area contributed by atoms with Gasteiger partial charge in [0.15, 0.2) is 9.04 Å². The summed E-state index contributed by atoms with van der Waals surface area (Å²) in [6, 6.07) is 0. The second kappa shape index (κ2) is 5.01. The first-order valence-electron chi connectivity index (χ1n) is 4.41. The molecule has 0 fully saturated rings. The SMILES string of the molecule is C[SiH](C)O[Si](C)(C)O[Si](C)(C)O[Si]. The van der Waals surface area contributed by atoms with Gasteiger partial charge in [0.05, 0.1) is 0 Å². The van der Waals surface area contributed by atoms with Crippen molar-refractivity contribution < 1.29 is 12.3 Å². The minimum absolute atomic E-state index is 1.01. The Kier molecular flexibility index (Phi) is 5.29. The molecule has 0 N–H and O–H groups in total. The van der Waals surface area contributed by atoms with Crippen molar-refractivity contribution in [2.24, 2.45) is 0 Å².